The molecule has 0 aliphatic heterocycles. The lowest BCUT2D eigenvalue weighted by molar-refractivity contribution is -0.00518. The fourth-order valence-electron chi connectivity index (χ4n) is 11.4. The lowest BCUT2D eigenvalue weighted by Crippen LogP contribution is -2.48. The van der Waals surface area contributed by atoms with E-state index in [1.54, 1.807) is 5.56 Å². The molecule has 2 nitrogen and oxygen atoms in total. The van der Waals surface area contributed by atoms with Crippen molar-refractivity contribution in [3.8, 4) is 22.3 Å². The van der Waals surface area contributed by atoms with Crippen molar-refractivity contribution in [2.75, 3.05) is 4.90 Å². The van der Waals surface area contributed by atoms with Gasteiger partial charge in [0.25, 0.3) is 0 Å². The Morgan fingerprint density at radius 1 is 0.510 bits per heavy atom. The number of fused-ring (bicyclic) bond motifs is 6. The molecule has 5 aliphatic carbocycles. The van der Waals surface area contributed by atoms with Crippen molar-refractivity contribution in [3.05, 3.63) is 150 Å². The van der Waals surface area contributed by atoms with Crippen LogP contribution in [0.5, 0.6) is 0 Å². The molecule has 6 aromatic carbocycles. The molecule has 4 saturated carbocycles. The first kappa shape index (κ1) is 29.6. The van der Waals surface area contributed by atoms with Crippen molar-refractivity contribution < 1.29 is 4.42 Å². The molecule has 0 atom stereocenters. The molecule has 0 saturated heterocycles. The van der Waals surface area contributed by atoms with Gasteiger partial charge in [-0.15, -0.1) is 0 Å². The summed E-state index contributed by atoms with van der Waals surface area (Å²) >= 11 is 0. The molecule has 12 rings (SSSR count). The number of anilines is 3. The highest BCUT2D eigenvalue weighted by atomic mass is 16.3. The Labute approximate surface area is 300 Å². The minimum atomic E-state index is -0.0604. The van der Waals surface area contributed by atoms with Crippen LogP contribution >= 0.6 is 0 Å². The Morgan fingerprint density at radius 3 is 1.84 bits per heavy atom. The normalized spacial score (nSPS) is 23.8. The highest BCUT2D eigenvalue weighted by Gasteiger charge is 2.51. The third-order valence-electron chi connectivity index (χ3n) is 13.4. The van der Waals surface area contributed by atoms with Gasteiger partial charge in [-0.25, -0.2) is 0 Å². The maximum Gasteiger partial charge on any atom is 0.136 e. The number of para-hydroxylation sites is 1. The Morgan fingerprint density at radius 2 is 1.10 bits per heavy atom. The van der Waals surface area contributed by atoms with Crippen molar-refractivity contribution >= 4 is 39.0 Å². The van der Waals surface area contributed by atoms with Gasteiger partial charge in [0.1, 0.15) is 11.2 Å². The molecule has 0 amide bonds. The standard InChI is InChI=1S/C49H43NO/c1-48(2)44-9-5-3-7-40(44)41-22-20-39(27-45(41)48)50(38-18-14-36(15-19-38)49-28-31-23-32(29-49)25-33(24-31)30-49)37-16-11-34(12-17-37)35-13-21-43-42-8-4-6-10-46(42)51-47(43)26-35/h3-22,26-27,31-33H,23-25,28-30H2,1-2H3. The second kappa shape index (κ2) is 10.7. The molecule has 0 spiro atoms. The summed E-state index contributed by atoms with van der Waals surface area (Å²) in [7, 11) is 0. The van der Waals surface area contributed by atoms with Crippen LogP contribution in [0.4, 0.5) is 17.1 Å². The minimum absolute atomic E-state index is 0.0604. The molecule has 1 heterocycles. The molecule has 2 heteroatoms. The Bertz CT molecular complexity index is 2440. The average molecular weight is 662 g/mol. The van der Waals surface area contributed by atoms with Gasteiger partial charge in [0, 0.05) is 33.2 Å². The van der Waals surface area contributed by atoms with Crippen molar-refractivity contribution in [2.24, 2.45) is 17.8 Å². The van der Waals surface area contributed by atoms with Crippen molar-refractivity contribution in [2.45, 2.75) is 63.2 Å². The zero-order valence-corrected chi connectivity index (χ0v) is 29.5. The number of hydrogen-bond acceptors (Lipinski definition) is 2. The number of furan rings is 1. The summed E-state index contributed by atoms with van der Waals surface area (Å²) in [5.74, 6) is 2.83. The summed E-state index contributed by atoms with van der Waals surface area (Å²) in [5, 5.41) is 2.33. The van der Waals surface area contributed by atoms with Crippen molar-refractivity contribution in [3.63, 3.8) is 0 Å². The van der Waals surface area contributed by atoms with Crippen LogP contribution in [0.3, 0.4) is 0 Å². The summed E-state index contributed by atoms with van der Waals surface area (Å²) in [6.45, 7) is 4.75. The maximum absolute atomic E-state index is 6.25. The van der Waals surface area contributed by atoms with Crippen LogP contribution in [-0.2, 0) is 10.8 Å². The summed E-state index contributed by atoms with van der Waals surface area (Å²) in [4.78, 5) is 2.47. The summed E-state index contributed by atoms with van der Waals surface area (Å²) in [5.41, 5.74) is 15.2. The zero-order chi connectivity index (χ0) is 33.9. The molecular formula is C49H43NO. The molecule has 5 aliphatic rings. The molecule has 250 valence electrons. The summed E-state index contributed by atoms with van der Waals surface area (Å²) in [6, 6.07) is 49.9. The van der Waals surface area contributed by atoms with Gasteiger partial charge in [-0.05, 0) is 155 Å². The molecule has 7 aromatic rings. The van der Waals surface area contributed by atoms with Gasteiger partial charge >= 0.3 is 0 Å². The van der Waals surface area contributed by atoms with E-state index in [1.807, 2.05) is 12.1 Å². The van der Waals surface area contributed by atoms with Gasteiger partial charge in [0.15, 0.2) is 0 Å². The van der Waals surface area contributed by atoms with E-state index >= 15 is 0 Å². The number of hydrogen-bond donors (Lipinski definition) is 0. The quantitative estimate of drug-likeness (QED) is 0.183. The molecule has 0 N–H and O–H groups in total. The molecule has 4 bridgehead atoms. The van der Waals surface area contributed by atoms with Crippen LogP contribution in [0.25, 0.3) is 44.2 Å². The first-order valence-electron chi connectivity index (χ1n) is 19.1. The maximum atomic E-state index is 6.25. The fraction of sp³-hybridized carbons (Fsp3) is 0.265. The van der Waals surface area contributed by atoms with Crippen molar-refractivity contribution in [1.82, 2.24) is 0 Å². The van der Waals surface area contributed by atoms with Crippen LogP contribution in [0.15, 0.2) is 138 Å². The van der Waals surface area contributed by atoms with E-state index in [2.05, 4.69) is 140 Å². The molecule has 4 fully saturated rings. The smallest absolute Gasteiger partial charge is 0.136 e. The third kappa shape index (κ3) is 4.48. The highest BCUT2D eigenvalue weighted by Crippen LogP contribution is 2.61. The highest BCUT2D eigenvalue weighted by molar-refractivity contribution is 6.05. The van der Waals surface area contributed by atoms with Crippen LogP contribution in [0.2, 0.25) is 0 Å². The SMILES string of the molecule is CC1(C)c2ccccc2-c2ccc(N(c3ccc(-c4ccc5c(c4)oc4ccccc45)cc3)c3ccc(C45CC6CC(CC(C6)C4)C5)cc3)cc21. The van der Waals surface area contributed by atoms with E-state index in [-0.39, 0.29) is 5.41 Å². The second-order valence-electron chi connectivity index (χ2n) is 16.8. The molecular weight excluding hydrogens is 619 g/mol. The van der Waals surface area contributed by atoms with Crippen LogP contribution in [-0.4, -0.2) is 0 Å². The van der Waals surface area contributed by atoms with Gasteiger partial charge < -0.3 is 9.32 Å². The topological polar surface area (TPSA) is 16.4 Å². The van der Waals surface area contributed by atoms with E-state index in [4.69, 9.17) is 4.42 Å². The monoisotopic (exact) mass is 661 g/mol. The zero-order valence-electron chi connectivity index (χ0n) is 29.5. The van der Waals surface area contributed by atoms with Gasteiger partial charge in [0.2, 0.25) is 0 Å². The second-order valence-corrected chi connectivity index (χ2v) is 16.8. The Balaban J connectivity index is 0.994. The van der Waals surface area contributed by atoms with Gasteiger partial charge in [-0.1, -0.05) is 92.7 Å². The number of benzene rings is 6. The Kier molecular flexibility index (Phi) is 6.23. The third-order valence-corrected chi connectivity index (χ3v) is 13.4. The fourth-order valence-corrected chi connectivity index (χ4v) is 11.4. The predicted molar refractivity (Wildman–Crippen MR) is 211 cm³/mol. The van der Waals surface area contributed by atoms with E-state index in [1.165, 1.54) is 88.8 Å². The molecule has 0 radical (unpaired) electrons. The lowest BCUT2D eigenvalue weighted by atomic mass is 9.48. The van der Waals surface area contributed by atoms with E-state index in [0.29, 0.717) is 5.41 Å². The van der Waals surface area contributed by atoms with Gasteiger partial charge in [-0.3, -0.25) is 0 Å². The summed E-state index contributed by atoms with van der Waals surface area (Å²) in [6.07, 6.45) is 8.61. The first-order chi connectivity index (χ1) is 24.9. The number of nitrogens with zero attached hydrogens (tertiary/aromatic N) is 1. The van der Waals surface area contributed by atoms with Gasteiger partial charge in [-0.2, -0.15) is 0 Å². The van der Waals surface area contributed by atoms with E-state index in [0.717, 1.165) is 39.9 Å². The first-order valence-corrected chi connectivity index (χ1v) is 19.1. The largest absolute Gasteiger partial charge is 0.456 e. The van der Waals surface area contributed by atoms with Gasteiger partial charge in [0.05, 0.1) is 0 Å². The average Bonchev–Trinajstić information content (AvgIpc) is 3.63. The minimum Gasteiger partial charge on any atom is -0.456 e. The van der Waals surface area contributed by atoms with Crippen LogP contribution in [0, 0.1) is 17.8 Å². The number of rotatable bonds is 5. The Hall–Kier alpha value is -5.08. The van der Waals surface area contributed by atoms with E-state index < -0.39 is 0 Å². The predicted octanol–water partition coefficient (Wildman–Crippen LogP) is 13.5. The van der Waals surface area contributed by atoms with Crippen LogP contribution in [0.1, 0.15) is 69.1 Å². The summed E-state index contributed by atoms with van der Waals surface area (Å²) < 4.78 is 6.25. The van der Waals surface area contributed by atoms with Crippen LogP contribution < -0.4 is 4.90 Å². The van der Waals surface area contributed by atoms with Crippen molar-refractivity contribution in [1.29, 1.82) is 0 Å². The molecule has 1 aromatic heterocycles. The van der Waals surface area contributed by atoms with E-state index in [9.17, 15) is 0 Å². The molecule has 51 heavy (non-hydrogen) atoms. The molecule has 0 unspecified atom stereocenters. The lowest BCUT2D eigenvalue weighted by Gasteiger charge is -2.57.